The molecule has 1 aliphatic heterocycles. The van der Waals surface area contributed by atoms with Crippen molar-refractivity contribution in [3.63, 3.8) is 0 Å². The van der Waals surface area contributed by atoms with E-state index in [1.165, 1.54) is 24.3 Å². The summed E-state index contributed by atoms with van der Waals surface area (Å²) in [5, 5.41) is 4.16. The Morgan fingerprint density at radius 1 is 1.37 bits per heavy atom. The summed E-state index contributed by atoms with van der Waals surface area (Å²) in [6.07, 6.45) is 2.65. The van der Waals surface area contributed by atoms with E-state index >= 15 is 0 Å². The molecule has 2 heterocycles. The molecule has 1 saturated heterocycles. The maximum Gasteiger partial charge on any atom is 0.248 e. The third-order valence-electron chi connectivity index (χ3n) is 4.44. The van der Waals surface area contributed by atoms with Crippen LogP contribution in [0.2, 0.25) is 0 Å². The van der Waals surface area contributed by atoms with Crippen LogP contribution in [0.5, 0.6) is 0 Å². The number of aromatic nitrogens is 2. The number of rotatable bonds is 6. The van der Waals surface area contributed by atoms with Gasteiger partial charge in [0.2, 0.25) is 21.8 Å². The number of nitrogens with two attached hydrogens (primary N) is 1. The molecule has 0 saturated carbocycles. The summed E-state index contributed by atoms with van der Waals surface area (Å²) in [5.41, 5.74) is 5.29. The van der Waals surface area contributed by atoms with Gasteiger partial charge in [-0.25, -0.2) is 13.1 Å². The Labute approximate surface area is 157 Å². The third-order valence-corrected chi connectivity index (χ3v) is 5.90. The van der Waals surface area contributed by atoms with Crippen molar-refractivity contribution >= 4 is 27.7 Å². The predicted octanol–water partition coefficient (Wildman–Crippen LogP) is 0.476. The van der Waals surface area contributed by atoms with Crippen LogP contribution in [0.3, 0.4) is 0 Å². The molecule has 1 aliphatic rings. The van der Waals surface area contributed by atoms with Gasteiger partial charge in [0.25, 0.3) is 0 Å². The van der Waals surface area contributed by atoms with Gasteiger partial charge in [0, 0.05) is 24.7 Å². The molecule has 9 nitrogen and oxygen atoms in total. The van der Waals surface area contributed by atoms with Gasteiger partial charge in [0.05, 0.1) is 11.1 Å². The summed E-state index contributed by atoms with van der Waals surface area (Å²) in [7, 11) is -3.98. The lowest BCUT2D eigenvalue weighted by molar-refractivity contribution is -0.121. The number of anilines is 1. The number of carbonyl (C=O) groups excluding carboxylic acids is 2. The second-order valence-electron chi connectivity index (χ2n) is 6.20. The summed E-state index contributed by atoms with van der Waals surface area (Å²) < 4.78 is 29.5. The van der Waals surface area contributed by atoms with E-state index < -0.39 is 22.0 Å². The standard InChI is InChI=1S/C17H21N5O4S/c1-2-22-15(8-9-19-22)21-10-4-7-14(17(21)24)20-27(25,26)13-6-3-5-12(11-13)16(18)23/h3,5-6,8-9,11,14,20H,2,4,7,10H2,1H3,(H2,18,23)/t14-/m1/s1. The minimum Gasteiger partial charge on any atom is -0.366 e. The molecule has 0 radical (unpaired) electrons. The topological polar surface area (TPSA) is 127 Å². The highest BCUT2D eigenvalue weighted by Crippen LogP contribution is 2.22. The zero-order chi connectivity index (χ0) is 19.6. The number of nitrogens with zero attached hydrogens (tertiary/aromatic N) is 3. The fraction of sp³-hybridized carbons (Fsp3) is 0.353. The van der Waals surface area contributed by atoms with Crippen molar-refractivity contribution < 1.29 is 18.0 Å². The Morgan fingerprint density at radius 2 is 2.15 bits per heavy atom. The third kappa shape index (κ3) is 3.86. The minimum atomic E-state index is -3.98. The molecule has 1 fully saturated rings. The van der Waals surface area contributed by atoms with E-state index in [9.17, 15) is 18.0 Å². The van der Waals surface area contributed by atoms with E-state index in [4.69, 9.17) is 5.73 Å². The molecule has 1 aromatic carbocycles. The highest BCUT2D eigenvalue weighted by Gasteiger charge is 2.34. The number of nitrogens with one attached hydrogen (secondary N) is 1. The van der Waals surface area contributed by atoms with E-state index in [2.05, 4.69) is 9.82 Å². The van der Waals surface area contributed by atoms with Crippen molar-refractivity contribution in [1.29, 1.82) is 0 Å². The van der Waals surface area contributed by atoms with Crippen molar-refractivity contribution in [3.05, 3.63) is 42.1 Å². The SMILES string of the molecule is CCn1nccc1N1CCC[C@@H](NS(=O)(=O)c2cccc(C(N)=O)c2)C1=O. The Morgan fingerprint density at radius 3 is 2.85 bits per heavy atom. The second-order valence-corrected chi connectivity index (χ2v) is 7.92. The molecule has 144 valence electrons. The lowest BCUT2D eigenvalue weighted by atomic mass is 10.1. The number of carbonyl (C=O) groups is 2. The molecule has 10 heteroatoms. The van der Waals surface area contributed by atoms with Crippen LogP contribution in [-0.2, 0) is 21.4 Å². The molecule has 3 N–H and O–H groups in total. The first kappa shape index (κ1) is 19.1. The monoisotopic (exact) mass is 391 g/mol. The Bertz CT molecular complexity index is 969. The summed E-state index contributed by atoms with van der Waals surface area (Å²) in [5.74, 6) is -0.409. The summed E-state index contributed by atoms with van der Waals surface area (Å²) in [4.78, 5) is 25.6. The van der Waals surface area contributed by atoms with Crippen LogP contribution in [0, 0.1) is 0 Å². The first-order valence-corrected chi connectivity index (χ1v) is 10.1. The van der Waals surface area contributed by atoms with E-state index in [-0.39, 0.29) is 16.4 Å². The minimum absolute atomic E-state index is 0.0846. The lowest BCUT2D eigenvalue weighted by Gasteiger charge is -2.32. The van der Waals surface area contributed by atoms with Gasteiger partial charge in [-0.05, 0) is 38.0 Å². The first-order valence-electron chi connectivity index (χ1n) is 8.59. The van der Waals surface area contributed by atoms with E-state index in [0.717, 1.165) is 0 Å². The van der Waals surface area contributed by atoms with Crippen molar-refractivity contribution in [2.75, 3.05) is 11.4 Å². The zero-order valence-corrected chi connectivity index (χ0v) is 15.6. The fourth-order valence-electron chi connectivity index (χ4n) is 3.08. The highest BCUT2D eigenvalue weighted by molar-refractivity contribution is 7.89. The number of hydrogen-bond acceptors (Lipinski definition) is 5. The number of piperidine rings is 1. The summed E-state index contributed by atoms with van der Waals surface area (Å²) in [6.45, 7) is 3.01. The summed E-state index contributed by atoms with van der Waals surface area (Å²) >= 11 is 0. The first-order chi connectivity index (χ1) is 12.8. The maximum atomic E-state index is 12.9. The van der Waals surface area contributed by atoms with Gasteiger partial charge in [-0.2, -0.15) is 9.82 Å². The quantitative estimate of drug-likeness (QED) is 0.740. The molecule has 0 aliphatic carbocycles. The van der Waals surface area contributed by atoms with Gasteiger partial charge in [0.1, 0.15) is 11.9 Å². The molecule has 2 aromatic rings. The number of hydrogen-bond donors (Lipinski definition) is 2. The van der Waals surface area contributed by atoms with Gasteiger partial charge < -0.3 is 5.73 Å². The molecule has 0 spiro atoms. The Balaban J connectivity index is 1.83. The van der Waals surface area contributed by atoms with Gasteiger partial charge >= 0.3 is 0 Å². The second kappa shape index (κ2) is 7.49. The normalized spacial score (nSPS) is 17.9. The molecule has 3 rings (SSSR count). The van der Waals surface area contributed by atoms with Gasteiger partial charge in [-0.15, -0.1) is 0 Å². The lowest BCUT2D eigenvalue weighted by Crippen LogP contribution is -2.52. The van der Waals surface area contributed by atoms with Crippen LogP contribution in [0.15, 0.2) is 41.4 Å². The number of sulfonamides is 1. The fourth-order valence-corrected chi connectivity index (χ4v) is 4.35. The van der Waals surface area contributed by atoms with Crippen molar-refractivity contribution in [1.82, 2.24) is 14.5 Å². The molecular weight excluding hydrogens is 370 g/mol. The van der Waals surface area contributed by atoms with Crippen molar-refractivity contribution in [3.8, 4) is 0 Å². The van der Waals surface area contributed by atoms with Crippen LogP contribution in [0.4, 0.5) is 5.82 Å². The molecule has 2 amide bonds. The largest absolute Gasteiger partial charge is 0.366 e. The average Bonchev–Trinajstić information content (AvgIpc) is 3.12. The molecule has 0 unspecified atom stereocenters. The van der Waals surface area contributed by atoms with Crippen LogP contribution in [-0.4, -0.2) is 42.6 Å². The van der Waals surface area contributed by atoms with Gasteiger partial charge in [-0.3, -0.25) is 14.5 Å². The molecule has 1 aromatic heterocycles. The average molecular weight is 391 g/mol. The van der Waals surface area contributed by atoms with Gasteiger partial charge in [0.15, 0.2) is 0 Å². The van der Waals surface area contributed by atoms with E-state index in [1.54, 1.807) is 21.8 Å². The summed E-state index contributed by atoms with van der Waals surface area (Å²) in [6, 6.07) is 6.26. The van der Waals surface area contributed by atoms with Crippen LogP contribution < -0.4 is 15.4 Å². The van der Waals surface area contributed by atoms with E-state index in [1.807, 2.05) is 6.92 Å². The number of benzene rings is 1. The Hall–Kier alpha value is -2.72. The molecule has 0 bridgehead atoms. The smallest absolute Gasteiger partial charge is 0.248 e. The molecule has 27 heavy (non-hydrogen) atoms. The number of amides is 2. The van der Waals surface area contributed by atoms with Crippen molar-refractivity contribution in [2.24, 2.45) is 5.73 Å². The maximum absolute atomic E-state index is 12.9. The van der Waals surface area contributed by atoms with E-state index in [0.29, 0.717) is 31.7 Å². The Kier molecular flexibility index (Phi) is 5.29. The van der Waals surface area contributed by atoms with Crippen molar-refractivity contribution in [2.45, 2.75) is 37.2 Å². The predicted molar refractivity (Wildman–Crippen MR) is 98.6 cm³/mol. The van der Waals surface area contributed by atoms with Gasteiger partial charge in [-0.1, -0.05) is 6.07 Å². The van der Waals surface area contributed by atoms with Crippen LogP contribution >= 0.6 is 0 Å². The van der Waals surface area contributed by atoms with Crippen LogP contribution in [0.25, 0.3) is 0 Å². The zero-order valence-electron chi connectivity index (χ0n) is 14.8. The number of primary amides is 1. The molecular formula is C17H21N5O4S. The van der Waals surface area contributed by atoms with Crippen LogP contribution in [0.1, 0.15) is 30.1 Å². The highest BCUT2D eigenvalue weighted by atomic mass is 32.2. The molecule has 1 atom stereocenters. The number of aryl methyl sites for hydroxylation is 1.